The van der Waals surface area contributed by atoms with E-state index in [0.29, 0.717) is 5.75 Å². The zero-order valence-corrected chi connectivity index (χ0v) is 8.59. The molecule has 0 aliphatic rings. The van der Waals surface area contributed by atoms with Crippen LogP contribution in [0.4, 0.5) is 0 Å². The molecule has 1 unspecified atom stereocenters. The van der Waals surface area contributed by atoms with Gasteiger partial charge in [-0.1, -0.05) is 49.4 Å². The van der Waals surface area contributed by atoms with Crippen LogP contribution in [0.25, 0.3) is 6.08 Å². The molecule has 0 heterocycles. The Bertz CT molecular complexity index is 290. The maximum absolute atomic E-state index is 11.1. The van der Waals surface area contributed by atoms with Crippen molar-refractivity contribution < 1.29 is 4.21 Å². The third-order valence-corrected chi connectivity index (χ3v) is 2.92. The van der Waals surface area contributed by atoms with Gasteiger partial charge in [0.15, 0.2) is 0 Å². The molecule has 70 valence electrons. The highest BCUT2D eigenvalue weighted by Crippen LogP contribution is 2.00. The van der Waals surface area contributed by atoms with Crippen LogP contribution in [0.15, 0.2) is 36.4 Å². The van der Waals surface area contributed by atoms with Gasteiger partial charge in [0, 0.05) is 22.3 Å². The van der Waals surface area contributed by atoms with Crippen molar-refractivity contribution in [3.05, 3.63) is 42.0 Å². The largest absolute Gasteiger partial charge is 0.259 e. The summed E-state index contributed by atoms with van der Waals surface area (Å²) in [6.45, 7) is 1.94. The Kier molecular flexibility index (Phi) is 4.47. The maximum Gasteiger partial charge on any atom is 0.0418 e. The van der Waals surface area contributed by atoms with Crippen molar-refractivity contribution in [2.75, 3.05) is 11.5 Å². The standard InChI is InChI=1S/C11H14OS/c1-2-13(12)10-6-9-11-7-4-3-5-8-11/h3-9H,2,10H2,1H3/b9-6+. The van der Waals surface area contributed by atoms with Crippen LogP contribution in [-0.4, -0.2) is 15.7 Å². The highest BCUT2D eigenvalue weighted by atomic mass is 32.2. The first-order valence-corrected chi connectivity index (χ1v) is 5.88. The SMILES string of the molecule is CCS(=O)C/C=C/c1ccccc1. The van der Waals surface area contributed by atoms with E-state index < -0.39 is 10.8 Å². The quantitative estimate of drug-likeness (QED) is 0.719. The van der Waals surface area contributed by atoms with E-state index >= 15 is 0 Å². The second kappa shape index (κ2) is 5.70. The summed E-state index contributed by atoms with van der Waals surface area (Å²) in [6.07, 6.45) is 3.97. The molecule has 0 N–H and O–H groups in total. The molecular formula is C11H14OS. The molecule has 0 aromatic heterocycles. The van der Waals surface area contributed by atoms with Crippen molar-refractivity contribution in [3.8, 4) is 0 Å². The van der Waals surface area contributed by atoms with Crippen LogP contribution >= 0.6 is 0 Å². The van der Waals surface area contributed by atoms with E-state index in [2.05, 4.69) is 0 Å². The molecule has 2 heteroatoms. The van der Waals surface area contributed by atoms with Crippen molar-refractivity contribution in [2.24, 2.45) is 0 Å². The summed E-state index contributed by atoms with van der Waals surface area (Å²) in [5, 5.41) is 0. The van der Waals surface area contributed by atoms with Crippen LogP contribution < -0.4 is 0 Å². The van der Waals surface area contributed by atoms with Crippen molar-refractivity contribution in [1.82, 2.24) is 0 Å². The van der Waals surface area contributed by atoms with Crippen molar-refractivity contribution in [2.45, 2.75) is 6.92 Å². The Morgan fingerprint density at radius 1 is 1.31 bits per heavy atom. The molecule has 0 aliphatic heterocycles. The van der Waals surface area contributed by atoms with Crippen LogP contribution in [0, 0.1) is 0 Å². The predicted molar refractivity (Wildman–Crippen MR) is 59.0 cm³/mol. The van der Waals surface area contributed by atoms with E-state index in [-0.39, 0.29) is 0 Å². The molecule has 1 nitrogen and oxygen atoms in total. The minimum absolute atomic E-state index is 0.658. The first-order chi connectivity index (χ1) is 6.33. The predicted octanol–water partition coefficient (Wildman–Crippen LogP) is 2.47. The molecular weight excluding hydrogens is 180 g/mol. The zero-order valence-electron chi connectivity index (χ0n) is 7.77. The van der Waals surface area contributed by atoms with Gasteiger partial charge in [0.25, 0.3) is 0 Å². The lowest BCUT2D eigenvalue weighted by Gasteiger charge is -1.92. The van der Waals surface area contributed by atoms with Crippen LogP contribution in [0.2, 0.25) is 0 Å². The number of rotatable bonds is 4. The fourth-order valence-corrected chi connectivity index (χ4v) is 1.52. The lowest BCUT2D eigenvalue weighted by molar-refractivity contribution is 0.686. The molecule has 0 radical (unpaired) electrons. The average Bonchev–Trinajstić information content (AvgIpc) is 2.19. The summed E-state index contributed by atoms with van der Waals surface area (Å²) in [5.74, 6) is 1.39. The van der Waals surface area contributed by atoms with Crippen LogP contribution in [-0.2, 0) is 10.8 Å². The molecule has 0 saturated carbocycles. The summed E-state index contributed by atoms with van der Waals surface area (Å²) < 4.78 is 11.1. The second-order valence-electron chi connectivity index (χ2n) is 2.71. The number of hydrogen-bond donors (Lipinski definition) is 0. The molecule has 1 aromatic rings. The normalized spacial score (nSPS) is 13.3. The molecule has 1 atom stereocenters. The maximum atomic E-state index is 11.1. The molecule has 0 saturated heterocycles. The van der Waals surface area contributed by atoms with Crippen LogP contribution in [0.3, 0.4) is 0 Å². The van der Waals surface area contributed by atoms with Gasteiger partial charge in [-0.3, -0.25) is 4.21 Å². The molecule has 0 fully saturated rings. The van der Waals surface area contributed by atoms with Crippen molar-refractivity contribution in [3.63, 3.8) is 0 Å². The third-order valence-electron chi connectivity index (χ3n) is 1.71. The summed E-state index contributed by atoms with van der Waals surface area (Å²) in [6, 6.07) is 10.0. The van der Waals surface area contributed by atoms with Crippen molar-refractivity contribution in [1.29, 1.82) is 0 Å². The first-order valence-electron chi connectivity index (χ1n) is 4.39. The summed E-state index contributed by atoms with van der Waals surface area (Å²) in [7, 11) is -0.687. The zero-order chi connectivity index (χ0) is 9.52. The smallest absolute Gasteiger partial charge is 0.0418 e. The molecule has 13 heavy (non-hydrogen) atoms. The molecule has 1 aromatic carbocycles. The number of hydrogen-bond acceptors (Lipinski definition) is 1. The van der Waals surface area contributed by atoms with Crippen molar-refractivity contribution >= 4 is 16.9 Å². The van der Waals surface area contributed by atoms with Gasteiger partial charge in [0.2, 0.25) is 0 Å². The van der Waals surface area contributed by atoms with E-state index in [1.807, 2.05) is 49.4 Å². The van der Waals surface area contributed by atoms with Gasteiger partial charge in [-0.15, -0.1) is 0 Å². The van der Waals surface area contributed by atoms with Gasteiger partial charge in [-0.25, -0.2) is 0 Å². The molecule has 0 bridgehead atoms. The van der Waals surface area contributed by atoms with Gasteiger partial charge < -0.3 is 0 Å². The first kappa shape index (κ1) is 10.2. The van der Waals surface area contributed by atoms with Gasteiger partial charge in [-0.05, 0) is 5.56 Å². The summed E-state index contributed by atoms with van der Waals surface area (Å²) >= 11 is 0. The highest BCUT2D eigenvalue weighted by Gasteiger charge is 1.89. The fraction of sp³-hybridized carbons (Fsp3) is 0.273. The lowest BCUT2D eigenvalue weighted by atomic mass is 10.2. The van der Waals surface area contributed by atoms with E-state index in [4.69, 9.17) is 0 Å². The Hall–Kier alpha value is -0.890. The summed E-state index contributed by atoms with van der Waals surface area (Å²) in [5.41, 5.74) is 1.16. The minimum Gasteiger partial charge on any atom is -0.259 e. The molecule has 0 spiro atoms. The fourth-order valence-electron chi connectivity index (χ4n) is 0.974. The van der Waals surface area contributed by atoms with E-state index in [1.54, 1.807) is 0 Å². The lowest BCUT2D eigenvalue weighted by Crippen LogP contribution is -1.95. The van der Waals surface area contributed by atoms with Gasteiger partial charge in [-0.2, -0.15) is 0 Å². The Balaban J connectivity index is 2.45. The highest BCUT2D eigenvalue weighted by molar-refractivity contribution is 7.85. The third kappa shape index (κ3) is 4.04. The average molecular weight is 194 g/mol. The Morgan fingerprint density at radius 2 is 2.00 bits per heavy atom. The van der Waals surface area contributed by atoms with Crippen LogP contribution in [0.1, 0.15) is 12.5 Å². The molecule has 1 rings (SSSR count). The summed E-state index contributed by atoms with van der Waals surface area (Å²) in [4.78, 5) is 0. The van der Waals surface area contributed by atoms with E-state index in [0.717, 1.165) is 11.3 Å². The van der Waals surface area contributed by atoms with Crippen LogP contribution in [0.5, 0.6) is 0 Å². The topological polar surface area (TPSA) is 17.1 Å². The minimum atomic E-state index is -0.687. The Labute approximate surface area is 81.9 Å². The second-order valence-corrected chi connectivity index (χ2v) is 4.50. The van der Waals surface area contributed by atoms with E-state index in [1.165, 1.54) is 0 Å². The molecule has 0 amide bonds. The van der Waals surface area contributed by atoms with Gasteiger partial charge in [0.05, 0.1) is 0 Å². The Morgan fingerprint density at radius 3 is 2.62 bits per heavy atom. The van der Waals surface area contributed by atoms with Gasteiger partial charge >= 0.3 is 0 Å². The molecule has 0 aliphatic carbocycles. The monoisotopic (exact) mass is 194 g/mol. The van der Waals surface area contributed by atoms with Gasteiger partial charge in [0.1, 0.15) is 0 Å². The van der Waals surface area contributed by atoms with E-state index in [9.17, 15) is 4.21 Å². The number of benzene rings is 1.